The SMILES string of the molecule is N=C(N)C(CCC1CNC1)CC(F)(F)F. The van der Waals surface area contributed by atoms with E-state index in [2.05, 4.69) is 5.32 Å². The Kier molecular flexibility index (Phi) is 3.96. The summed E-state index contributed by atoms with van der Waals surface area (Å²) >= 11 is 0. The first-order valence-electron chi connectivity index (χ1n) is 5.00. The number of hydrogen-bond donors (Lipinski definition) is 3. The molecule has 0 aromatic carbocycles. The van der Waals surface area contributed by atoms with Crippen LogP contribution in [0.25, 0.3) is 0 Å². The molecule has 1 rings (SSSR count). The highest BCUT2D eigenvalue weighted by molar-refractivity contribution is 5.79. The molecule has 0 saturated carbocycles. The minimum Gasteiger partial charge on any atom is -0.387 e. The molecule has 0 radical (unpaired) electrons. The van der Waals surface area contributed by atoms with Crippen LogP contribution in [0.5, 0.6) is 0 Å². The van der Waals surface area contributed by atoms with Crippen LogP contribution in [0.2, 0.25) is 0 Å². The van der Waals surface area contributed by atoms with Crippen LogP contribution in [0.3, 0.4) is 0 Å². The molecule has 0 aliphatic carbocycles. The first kappa shape index (κ1) is 12.3. The van der Waals surface area contributed by atoms with Crippen LogP contribution in [0.1, 0.15) is 19.3 Å². The van der Waals surface area contributed by atoms with E-state index in [4.69, 9.17) is 11.1 Å². The number of halogens is 3. The maximum atomic E-state index is 12.1. The van der Waals surface area contributed by atoms with Gasteiger partial charge in [0.25, 0.3) is 0 Å². The number of nitrogens with two attached hydrogens (primary N) is 1. The van der Waals surface area contributed by atoms with Crippen LogP contribution in [-0.2, 0) is 0 Å². The Balaban J connectivity index is 2.32. The van der Waals surface area contributed by atoms with Gasteiger partial charge in [-0.2, -0.15) is 13.2 Å². The van der Waals surface area contributed by atoms with Gasteiger partial charge in [-0.3, -0.25) is 5.41 Å². The molecule has 0 amide bonds. The van der Waals surface area contributed by atoms with Crippen molar-refractivity contribution in [2.45, 2.75) is 25.4 Å². The fourth-order valence-electron chi connectivity index (χ4n) is 1.64. The summed E-state index contributed by atoms with van der Waals surface area (Å²) in [7, 11) is 0. The first-order chi connectivity index (χ1) is 6.88. The number of rotatable bonds is 5. The Bertz CT molecular complexity index is 223. The van der Waals surface area contributed by atoms with Gasteiger partial charge >= 0.3 is 6.18 Å². The minimum atomic E-state index is -4.23. The van der Waals surface area contributed by atoms with Crippen LogP contribution in [0.15, 0.2) is 0 Å². The molecule has 0 aromatic heterocycles. The second-order valence-electron chi connectivity index (χ2n) is 4.07. The molecule has 0 aromatic rings. The Morgan fingerprint density at radius 2 is 2.07 bits per heavy atom. The van der Waals surface area contributed by atoms with Gasteiger partial charge in [-0.25, -0.2) is 0 Å². The summed E-state index contributed by atoms with van der Waals surface area (Å²) in [5.41, 5.74) is 5.16. The van der Waals surface area contributed by atoms with Crippen molar-refractivity contribution in [2.24, 2.45) is 17.6 Å². The van der Waals surface area contributed by atoms with Gasteiger partial charge in [0.1, 0.15) is 0 Å². The molecule has 6 heteroatoms. The first-order valence-corrected chi connectivity index (χ1v) is 5.00. The van der Waals surface area contributed by atoms with Crippen molar-refractivity contribution >= 4 is 5.84 Å². The van der Waals surface area contributed by atoms with Crippen LogP contribution < -0.4 is 11.1 Å². The lowest BCUT2D eigenvalue weighted by atomic mass is 9.90. The van der Waals surface area contributed by atoms with E-state index in [1.807, 2.05) is 0 Å². The minimum absolute atomic E-state index is 0.348. The molecule has 88 valence electrons. The second-order valence-corrected chi connectivity index (χ2v) is 4.07. The van der Waals surface area contributed by atoms with E-state index in [1.165, 1.54) is 0 Å². The average molecular weight is 223 g/mol. The summed E-state index contributed by atoms with van der Waals surface area (Å²) in [6, 6.07) is 0. The summed E-state index contributed by atoms with van der Waals surface area (Å²) in [6.45, 7) is 1.74. The second kappa shape index (κ2) is 4.83. The zero-order chi connectivity index (χ0) is 11.5. The lowest BCUT2D eigenvalue weighted by Crippen LogP contribution is -2.42. The van der Waals surface area contributed by atoms with Crippen LogP contribution in [-0.4, -0.2) is 25.1 Å². The van der Waals surface area contributed by atoms with Crippen molar-refractivity contribution in [1.82, 2.24) is 5.32 Å². The molecule has 1 fully saturated rings. The third kappa shape index (κ3) is 4.51. The molecule has 0 bridgehead atoms. The van der Waals surface area contributed by atoms with Gasteiger partial charge < -0.3 is 11.1 Å². The van der Waals surface area contributed by atoms with E-state index in [0.29, 0.717) is 18.8 Å². The monoisotopic (exact) mass is 223 g/mol. The maximum Gasteiger partial charge on any atom is 0.389 e. The lowest BCUT2D eigenvalue weighted by molar-refractivity contribution is -0.140. The van der Waals surface area contributed by atoms with E-state index in [9.17, 15) is 13.2 Å². The van der Waals surface area contributed by atoms with Gasteiger partial charge in [-0.05, 0) is 31.8 Å². The van der Waals surface area contributed by atoms with Gasteiger partial charge in [0.15, 0.2) is 0 Å². The molecular formula is C9H16F3N3. The summed E-state index contributed by atoms with van der Waals surface area (Å²) in [4.78, 5) is 0. The number of hydrogen-bond acceptors (Lipinski definition) is 2. The summed E-state index contributed by atoms with van der Waals surface area (Å²) in [5.74, 6) is -0.731. The van der Waals surface area contributed by atoms with E-state index >= 15 is 0 Å². The van der Waals surface area contributed by atoms with E-state index in [-0.39, 0.29) is 5.84 Å². The standard InChI is InChI=1S/C9H16F3N3/c10-9(11,12)3-7(8(13)14)2-1-6-4-15-5-6/h6-7,15H,1-5H2,(H3,13,14). The smallest absolute Gasteiger partial charge is 0.387 e. The number of alkyl halides is 3. The lowest BCUT2D eigenvalue weighted by Gasteiger charge is -2.28. The molecule has 0 spiro atoms. The number of amidine groups is 1. The fraction of sp³-hybridized carbons (Fsp3) is 0.889. The van der Waals surface area contributed by atoms with Crippen molar-refractivity contribution in [3.05, 3.63) is 0 Å². The predicted octanol–water partition coefficient (Wildman–Crippen LogP) is 1.49. The molecule has 1 heterocycles. The Morgan fingerprint density at radius 1 is 1.47 bits per heavy atom. The highest BCUT2D eigenvalue weighted by Gasteiger charge is 2.33. The zero-order valence-corrected chi connectivity index (χ0v) is 8.40. The third-order valence-corrected chi connectivity index (χ3v) is 2.71. The maximum absolute atomic E-state index is 12.1. The van der Waals surface area contributed by atoms with E-state index in [0.717, 1.165) is 13.1 Å². The average Bonchev–Trinajstić information content (AvgIpc) is 1.96. The van der Waals surface area contributed by atoms with Gasteiger partial charge in [0.05, 0.1) is 12.3 Å². The van der Waals surface area contributed by atoms with Crippen molar-refractivity contribution in [1.29, 1.82) is 5.41 Å². The van der Waals surface area contributed by atoms with Crippen molar-refractivity contribution < 1.29 is 13.2 Å². The topological polar surface area (TPSA) is 61.9 Å². The molecule has 1 aliphatic rings. The van der Waals surface area contributed by atoms with Crippen molar-refractivity contribution in [3.63, 3.8) is 0 Å². The van der Waals surface area contributed by atoms with Gasteiger partial charge in [0, 0.05) is 5.92 Å². The Labute approximate surface area is 86.7 Å². The van der Waals surface area contributed by atoms with Crippen LogP contribution in [0, 0.1) is 17.2 Å². The molecule has 4 N–H and O–H groups in total. The highest BCUT2D eigenvalue weighted by atomic mass is 19.4. The molecule has 1 unspecified atom stereocenters. The Hall–Kier alpha value is -0.780. The van der Waals surface area contributed by atoms with Crippen molar-refractivity contribution in [3.8, 4) is 0 Å². The predicted molar refractivity (Wildman–Crippen MR) is 51.7 cm³/mol. The van der Waals surface area contributed by atoms with Gasteiger partial charge in [-0.15, -0.1) is 0 Å². The van der Waals surface area contributed by atoms with E-state index < -0.39 is 18.5 Å². The normalized spacial score (nSPS) is 19.7. The zero-order valence-electron chi connectivity index (χ0n) is 8.40. The molecule has 1 saturated heterocycles. The quantitative estimate of drug-likeness (QED) is 0.488. The molecular weight excluding hydrogens is 207 g/mol. The third-order valence-electron chi connectivity index (χ3n) is 2.71. The Morgan fingerprint density at radius 3 is 2.40 bits per heavy atom. The molecule has 1 aliphatic heterocycles. The molecule has 15 heavy (non-hydrogen) atoms. The van der Waals surface area contributed by atoms with Gasteiger partial charge in [-0.1, -0.05) is 0 Å². The number of nitrogens with one attached hydrogen (secondary N) is 2. The van der Waals surface area contributed by atoms with Crippen LogP contribution >= 0.6 is 0 Å². The van der Waals surface area contributed by atoms with Crippen LogP contribution in [0.4, 0.5) is 13.2 Å². The van der Waals surface area contributed by atoms with E-state index in [1.54, 1.807) is 0 Å². The van der Waals surface area contributed by atoms with Crippen molar-refractivity contribution in [2.75, 3.05) is 13.1 Å². The summed E-state index contributed by atoms with van der Waals surface area (Å²) in [6.07, 6.45) is -4.12. The molecule has 1 atom stereocenters. The molecule has 3 nitrogen and oxygen atoms in total. The van der Waals surface area contributed by atoms with Gasteiger partial charge in [0.2, 0.25) is 0 Å². The largest absolute Gasteiger partial charge is 0.389 e. The fourth-order valence-corrected chi connectivity index (χ4v) is 1.64. The summed E-state index contributed by atoms with van der Waals surface area (Å²) in [5, 5.41) is 10.2. The highest BCUT2D eigenvalue weighted by Crippen LogP contribution is 2.28. The summed E-state index contributed by atoms with van der Waals surface area (Å²) < 4.78 is 36.4.